The smallest absolute Gasteiger partial charge is 0.244 e. The van der Waals surface area contributed by atoms with Crippen LogP contribution in [0.15, 0.2) is 54.6 Å². The molecular formula is C21H22N2O2. The van der Waals surface area contributed by atoms with E-state index < -0.39 is 0 Å². The van der Waals surface area contributed by atoms with Crippen LogP contribution < -0.4 is 10.2 Å². The molecule has 0 spiro atoms. The van der Waals surface area contributed by atoms with Crippen LogP contribution in [0.2, 0.25) is 0 Å². The number of aryl methyl sites for hydroxylation is 1. The van der Waals surface area contributed by atoms with E-state index in [1.165, 1.54) is 0 Å². The van der Waals surface area contributed by atoms with Gasteiger partial charge in [0.15, 0.2) is 0 Å². The first-order chi connectivity index (χ1) is 12.1. The highest BCUT2D eigenvalue weighted by Crippen LogP contribution is 2.21. The molecule has 2 amide bonds. The maximum Gasteiger partial charge on any atom is 0.244 e. The molecule has 0 bridgehead atoms. The van der Waals surface area contributed by atoms with E-state index in [0.717, 1.165) is 35.3 Å². The Morgan fingerprint density at radius 3 is 2.60 bits per heavy atom. The van der Waals surface area contributed by atoms with Crippen LogP contribution in [0.25, 0.3) is 6.08 Å². The Kier molecular flexibility index (Phi) is 5.29. The van der Waals surface area contributed by atoms with Gasteiger partial charge in [-0.1, -0.05) is 36.4 Å². The second-order valence-electron chi connectivity index (χ2n) is 6.22. The van der Waals surface area contributed by atoms with Gasteiger partial charge in [0.05, 0.1) is 0 Å². The summed E-state index contributed by atoms with van der Waals surface area (Å²) < 4.78 is 0. The van der Waals surface area contributed by atoms with Crippen LogP contribution >= 0.6 is 0 Å². The fourth-order valence-electron chi connectivity index (χ4n) is 2.90. The molecule has 128 valence electrons. The predicted octanol–water partition coefficient (Wildman–Crippen LogP) is 3.45. The lowest BCUT2D eigenvalue weighted by Gasteiger charge is -2.15. The Labute approximate surface area is 148 Å². The summed E-state index contributed by atoms with van der Waals surface area (Å²) in [6.45, 7) is 3.27. The Hall–Kier alpha value is -2.88. The predicted molar refractivity (Wildman–Crippen MR) is 100 cm³/mol. The number of rotatable bonds is 5. The van der Waals surface area contributed by atoms with Crippen LogP contribution in [-0.2, 0) is 16.1 Å². The Balaban J connectivity index is 1.54. The van der Waals surface area contributed by atoms with Crippen molar-refractivity contribution < 1.29 is 9.59 Å². The number of carbonyl (C=O) groups is 2. The highest BCUT2D eigenvalue weighted by Gasteiger charge is 2.21. The SMILES string of the molecule is Cc1ccccc1/C=C/C(=O)NCc1ccc(N2CCCC2=O)cc1. The molecule has 0 aliphatic carbocycles. The molecule has 1 aliphatic heterocycles. The number of nitrogens with one attached hydrogen (secondary N) is 1. The molecule has 3 rings (SSSR count). The summed E-state index contributed by atoms with van der Waals surface area (Å²) in [5, 5.41) is 2.88. The minimum atomic E-state index is -0.123. The van der Waals surface area contributed by atoms with Crippen LogP contribution in [0.3, 0.4) is 0 Å². The quantitative estimate of drug-likeness (QED) is 0.852. The molecule has 0 radical (unpaired) electrons. The summed E-state index contributed by atoms with van der Waals surface area (Å²) in [5.74, 6) is 0.0597. The van der Waals surface area contributed by atoms with Crippen molar-refractivity contribution in [3.8, 4) is 0 Å². The molecule has 0 atom stereocenters. The molecule has 1 saturated heterocycles. The average molecular weight is 334 g/mol. The topological polar surface area (TPSA) is 49.4 Å². The summed E-state index contributed by atoms with van der Waals surface area (Å²) in [6, 6.07) is 15.7. The van der Waals surface area contributed by atoms with E-state index in [-0.39, 0.29) is 11.8 Å². The number of hydrogen-bond acceptors (Lipinski definition) is 2. The van der Waals surface area contributed by atoms with Crippen molar-refractivity contribution >= 4 is 23.6 Å². The molecule has 4 heteroatoms. The van der Waals surface area contributed by atoms with Gasteiger partial charge in [-0.25, -0.2) is 0 Å². The zero-order chi connectivity index (χ0) is 17.6. The van der Waals surface area contributed by atoms with Gasteiger partial charge >= 0.3 is 0 Å². The highest BCUT2D eigenvalue weighted by molar-refractivity contribution is 5.95. The maximum atomic E-state index is 12.0. The third-order valence-corrected chi connectivity index (χ3v) is 4.39. The van der Waals surface area contributed by atoms with Crippen molar-refractivity contribution in [1.82, 2.24) is 5.32 Å². The summed E-state index contributed by atoms with van der Waals surface area (Å²) in [7, 11) is 0. The van der Waals surface area contributed by atoms with Crippen molar-refractivity contribution in [2.45, 2.75) is 26.3 Å². The van der Waals surface area contributed by atoms with E-state index in [1.54, 1.807) is 6.08 Å². The summed E-state index contributed by atoms with van der Waals surface area (Å²) in [4.78, 5) is 25.5. The normalized spacial score (nSPS) is 14.3. The van der Waals surface area contributed by atoms with E-state index in [2.05, 4.69) is 5.32 Å². The molecule has 1 aliphatic rings. The van der Waals surface area contributed by atoms with Gasteiger partial charge in [-0.2, -0.15) is 0 Å². The number of benzene rings is 2. The Morgan fingerprint density at radius 2 is 1.92 bits per heavy atom. The van der Waals surface area contributed by atoms with Crippen molar-refractivity contribution in [1.29, 1.82) is 0 Å². The van der Waals surface area contributed by atoms with E-state index in [0.29, 0.717) is 13.0 Å². The zero-order valence-electron chi connectivity index (χ0n) is 14.4. The van der Waals surface area contributed by atoms with Gasteiger partial charge in [-0.3, -0.25) is 9.59 Å². The molecule has 0 unspecified atom stereocenters. The van der Waals surface area contributed by atoms with Crippen molar-refractivity contribution in [3.63, 3.8) is 0 Å². The van der Waals surface area contributed by atoms with E-state index in [1.807, 2.05) is 66.4 Å². The van der Waals surface area contributed by atoms with Gasteiger partial charge in [0.25, 0.3) is 0 Å². The Morgan fingerprint density at radius 1 is 1.16 bits per heavy atom. The lowest BCUT2D eigenvalue weighted by molar-refractivity contribution is -0.117. The van der Waals surface area contributed by atoms with E-state index in [9.17, 15) is 9.59 Å². The first-order valence-corrected chi connectivity index (χ1v) is 8.54. The second-order valence-corrected chi connectivity index (χ2v) is 6.22. The van der Waals surface area contributed by atoms with Gasteiger partial charge in [0, 0.05) is 31.3 Å². The molecule has 1 heterocycles. The highest BCUT2D eigenvalue weighted by atomic mass is 16.2. The minimum Gasteiger partial charge on any atom is -0.348 e. The van der Waals surface area contributed by atoms with Crippen LogP contribution in [0.1, 0.15) is 29.5 Å². The molecule has 0 saturated carbocycles. The third kappa shape index (κ3) is 4.35. The molecule has 2 aromatic rings. The van der Waals surface area contributed by atoms with Crippen molar-refractivity contribution in [2.24, 2.45) is 0 Å². The standard InChI is InChI=1S/C21H22N2O2/c1-16-5-2-3-6-18(16)10-13-20(24)22-15-17-8-11-19(12-9-17)23-14-4-7-21(23)25/h2-3,5-6,8-13H,4,7,14-15H2,1H3,(H,22,24)/b13-10+. The summed E-state index contributed by atoms with van der Waals surface area (Å²) >= 11 is 0. The van der Waals surface area contributed by atoms with Crippen LogP contribution in [0.4, 0.5) is 5.69 Å². The van der Waals surface area contributed by atoms with Crippen LogP contribution in [0, 0.1) is 6.92 Å². The number of nitrogens with zero attached hydrogens (tertiary/aromatic N) is 1. The van der Waals surface area contributed by atoms with Gasteiger partial charge in [0.2, 0.25) is 11.8 Å². The van der Waals surface area contributed by atoms with Gasteiger partial charge < -0.3 is 10.2 Å². The number of anilines is 1. The largest absolute Gasteiger partial charge is 0.348 e. The molecule has 4 nitrogen and oxygen atoms in total. The number of amides is 2. The number of carbonyl (C=O) groups excluding carboxylic acids is 2. The van der Waals surface area contributed by atoms with E-state index >= 15 is 0 Å². The molecular weight excluding hydrogens is 312 g/mol. The molecule has 1 fully saturated rings. The summed E-state index contributed by atoms with van der Waals surface area (Å²) in [5.41, 5.74) is 4.11. The van der Waals surface area contributed by atoms with Crippen molar-refractivity contribution in [3.05, 3.63) is 71.3 Å². The van der Waals surface area contributed by atoms with Crippen LogP contribution in [0.5, 0.6) is 0 Å². The second kappa shape index (κ2) is 7.79. The molecule has 0 aromatic heterocycles. The number of hydrogen-bond donors (Lipinski definition) is 1. The average Bonchev–Trinajstić information content (AvgIpc) is 3.06. The third-order valence-electron chi connectivity index (χ3n) is 4.39. The summed E-state index contributed by atoms with van der Waals surface area (Å²) in [6.07, 6.45) is 4.93. The lowest BCUT2D eigenvalue weighted by Crippen LogP contribution is -2.23. The zero-order valence-corrected chi connectivity index (χ0v) is 14.4. The molecule has 2 aromatic carbocycles. The fraction of sp³-hybridized carbons (Fsp3) is 0.238. The first kappa shape index (κ1) is 17.0. The first-order valence-electron chi connectivity index (χ1n) is 8.54. The van der Waals surface area contributed by atoms with E-state index in [4.69, 9.17) is 0 Å². The molecule has 25 heavy (non-hydrogen) atoms. The van der Waals surface area contributed by atoms with Crippen LogP contribution in [-0.4, -0.2) is 18.4 Å². The van der Waals surface area contributed by atoms with Gasteiger partial charge in [-0.15, -0.1) is 0 Å². The van der Waals surface area contributed by atoms with Gasteiger partial charge in [0.1, 0.15) is 0 Å². The maximum absolute atomic E-state index is 12.0. The van der Waals surface area contributed by atoms with Gasteiger partial charge in [-0.05, 0) is 48.2 Å². The Bertz CT molecular complexity index is 794. The van der Waals surface area contributed by atoms with Crippen molar-refractivity contribution in [2.75, 3.05) is 11.4 Å². The monoisotopic (exact) mass is 334 g/mol. The lowest BCUT2D eigenvalue weighted by atomic mass is 10.1. The minimum absolute atomic E-state index is 0.123. The fourth-order valence-corrected chi connectivity index (χ4v) is 2.90. The molecule has 1 N–H and O–H groups in total.